The summed E-state index contributed by atoms with van der Waals surface area (Å²) in [5, 5.41) is 0. The van der Waals surface area contributed by atoms with Gasteiger partial charge in [0.15, 0.2) is 0 Å². The minimum absolute atomic E-state index is 0.794. The number of rotatable bonds is 11. The van der Waals surface area contributed by atoms with E-state index in [9.17, 15) is 0 Å². The number of hydrogen-bond donors (Lipinski definition) is 0. The molecule has 0 aromatic rings. The predicted molar refractivity (Wildman–Crippen MR) is 84.4 cm³/mol. The zero-order valence-corrected chi connectivity index (χ0v) is 13.7. The first-order valence-electron chi connectivity index (χ1n) is 6.57. The van der Waals surface area contributed by atoms with Gasteiger partial charge in [-0.2, -0.15) is 0 Å². The maximum atomic E-state index is 5.49. The second-order valence-corrected chi connectivity index (χ2v) is 5.45. The molecule has 0 saturated carbocycles. The summed E-state index contributed by atoms with van der Waals surface area (Å²) in [6, 6.07) is 0. The van der Waals surface area contributed by atoms with E-state index in [2.05, 4.69) is 0 Å². The van der Waals surface area contributed by atoms with Crippen molar-refractivity contribution in [1.29, 1.82) is 0 Å². The van der Waals surface area contributed by atoms with Crippen molar-refractivity contribution in [2.24, 2.45) is 0 Å². The third-order valence-electron chi connectivity index (χ3n) is 2.28. The van der Waals surface area contributed by atoms with E-state index in [1.165, 1.54) is 32.1 Å². The number of halogens is 4. The van der Waals surface area contributed by atoms with E-state index in [0.29, 0.717) is 0 Å². The first-order chi connectivity index (χ1) is 8.33. The Morgan fingerprint density at radius 2 is 0.471 bits per heavy atom. The average Bonchev–Trinajstić information content (AvgIpc) is 2.36. The monoisotopic (exact) mass is 322 g/mol. The fraction of sp³-hybridized carbons (Fsp3) is 1.00. The van der Waals surface area contributed by atoms with E-state index in [1.54, 1.807) is 0 Å². The number of unbranched alkanes of at least 4 members (excludes halogenated alkanes) is 7. The maximum Gasteiger partial charge on any atom is 0.0223 e. The lowest BCUT2D eigenvalue weighted by atomic mass is 10.2. The van der Waals surface area contributed by atoms with Crippen LogP contribution in [0.15, 0.2) is 0 Å². The van der Waals surface area contributed by atoms with Crippen molar-refractivity contribution in [3.05, 3.63) is 0 Å². The van der Waals surface area contributed by atoms with E-state index in [1.807, 2.05) is 0 Å². The highest BCUT2D eigenvalue weighted by molar-refractivity contribution is 6.18. The lowest BCUT2D eigenvalue weighted by Gasteiger charge is -1.94. The molecule has 106 valence electrons. The fourth-order valence-corrected chi connectivity index (χ4v) is 2.02. The molecule has 0 N–H and O–H groups in total. The molecular formula is C13H26Cl4. The molecular weight excluding hydrogens is 298 g/mol. The average molecular weight is 324 g/mol. The normalized spacial score (nSPS) is 9.88. The van der Waals surface area contributed by atoms with Crippen molar-refractivity contribution in [1.82, 2.24) is 0 Å². The van der Waals surface area contributed by atoms with E-state index in [4.69, 9.17) is 46.4 Å². The van der Waals surface area contributed by atoms with Crippen LogP contribution in [0.2, 0.25) is 0 Å². The van der Waals surface area contributed by atoms with Gasteiger partial charge in [-0.05, 0) is 25.7 Å². The van der Waals surface area contributed by atoms with Gasteiger partial charge in [-0.3, -0.25) is 0 Å². The summed E-state index contributed by atoms with van der Waals surface area (Å²) in [4.78, 5) is 0. The highest BCUT2D eigenvalue weighted by Gasteiger charge is 1.87. The molecule has 0 rings (SSSR count). The zero-order chi connectivity index (χ0) is 13.2. The first-order valence-corrected chi connectivity index (χ1v) is 8.71. The Labute approximate surface area is 127 Å². The van der Waals surface area contributed by atoms with Crippen LogP contribution < -0.4 is 0 Å². The van der Waals surface area contributed by atoms with Crippen LogP contribution in [0.1, 0.15) is 57.8 Å². The molecule has 0 aliphatic heterocycles. The summed E-state index contributed by atoms with van der Waals surface area (Å²) in [6.07, 6.45) is 10.9. The van der Waals surface area contributed by atoms with Crippen molar-refractivity contribution in [2.75, 3.05) is 23.5 Å². The molecule has 17 heavy (non-hydrogen) atoms. The van der Waals surface area contributed by atoms with Crippen molar-refractivity contribution >= 4 is 46.4 Å². The van der Waals surface area contributed by atoms with E-state index in [0.717, 1.165) is 49.2 Å². The van der Waals surface area contributed by atoms with Crippen LogP contribution in [0.4, 0.5) is 0 Å². The van der Waals surface area contributed by atoms with Crippen LogP contribution >= 0.6 is 46.4 Å². The van der Waals surface area contributed by atoms with Crippen molar-refractivity contribution in [2.45, 2.75) is 57.8 Å². The van der Waals surface area contributed by atoms with E-state index in [-0.39, 0.29) is 0 Å². The van der Waals surface area contributed by atoms with Crippen LogP contribution in [0.25, 0.3) is 0 Å². The largest absolute Gasteiger partial charge is 0.127 e. The van der Waals surface area contributed by atoms with E-state index < -0.39 is 0 Å². The second-order valence-electron chi connectivity index (χ2n) is 3.94. The minimum atomic E-state index is 0.794. The third-order valence-corrected chi connectivity index (χ3v) is 3.35. The molecule has 0 aliphatic carbocycles. The smallest absolute Gasteiger partial charge is 0.0223 e. The molecule has 0 aromatic heterocycles. The zero-order valence-electron chi connectivity index (χ0n) is 10.7. The van der Waals surface area contributed by atoms with E-state index >= 15 is 0 Å². The summed E-state index contributed by atoms with van der Waals surface area (Å²) in [5.74, 6) is 3.20. The minimum Gasteiger partial charge on any atom is -0.127 e. The lowest BCUT2D eigenvalue weighted by Crippen LogP contribution is -1.80. The summed E-state index contributed by atoms with van der Waals surface area (Å²) in [6.45, 7) is 0. The molecule has 0 atom stereocenters. The Morgan fingerprint density at radius 1 is 0.294 bits per heavy atom. The Kier molecular flexibility index (Phi) is 26.9. The van der Waals surface area contributed by atoms with Crippen LogP contribution in [-0.2, 0) is 0 Å². The Balaban J connectivity index is 0. The highest BCUT2D eigenvalue weighted by atomic mass is 35.5. The molecule has 4 heteroatoms. The SMILES string of the molecule is ClCCCCCCCCl.ClCCCCCCCl. The Hall–Kier alpha value is 1.16. The molecule has 0 bridgehead atoms. The van der Waals surface area contributed by atoms with Gasteiger partial charge in [0, 0.05) is 23.5 Å². The van der Waals surface area contributed by atoms with Crippen LogP contribution in [0, 0.1) is 0 Å². The summed E-state index contributed by atoms with van der Waals surface area (Å²) < 4.78 is 0. The molecule has 0 nitrogen and oxygen atoms in total. The predicted octanol–water partition coefficient (Wildman–Crippen LogP) is 6.44. The quantitative estimate of drug-likeness (QED) is 0.303. The van der Waals surface area contributed by atoms with Gasteiger partial charge in [0.05, 0.1) is 0 Å². The maximum absolute atomic E-state index is 5.49. The van der Waals surface area contributed by atoms with Gasteiger partial charge in [0.25, 0.3) is 0 Å². The molecule has 0 saturated heterocycles. The van der Waals surface area contributed by atoms with Crippen molar-refractivity contribution < 1.29 is 0 Å². The lowest BCUT2D eigenvalue weighted by molar-refractivity contribution is 0.660. The number of alkyl halides is 4. The summed E-state index contributed by atoms with van der Waals surface area (Å²) in [7, 11) is 0. The van der Waals surface area contributed by atoms with Crippen LogP contribution in [0.3, 0.4) is 0 Å². The second kappa shape index (κ2) is 22.3. The standard InChI is InChI=1S/C7H14Cl2.C6H12Cl2/c8-6-4-2-1-3-5-7-9;7-5-3-1-2-4-6-8/h1-7H2;1-6H2. The van der Waals surface area contributed by atoms with Crippen molar-refractivity contribution in [3.63, 3.8) is 0 Å². The van der Waals surface area contributed by atoms with Crippen molar-refractivity contribution in [3.8, 4) is 0 Å². The molecule has 0 unspecified atom stereocenters. The molecule has 0 radical (unpaired) electrons. The number of hydrogen-bond acceptors (Lipinski definition) is 0. The molecule has 0 fully saturated rings. The van der Waals surface area contributed by atoms with Gasteiger partial charge in [-0.25, -0.2) is 0 Å². The Morgan fingerprint density at radius 3 is 0.647 bits per heavy atom. The highest BCUT2D eigenvalue weighted by Crippen LogP contribution is 2.04. The van der Waals surface area contributed by atoms with Gasteiger partial charge < -0.3 is 0 Å². The van der Waals surface area contributed by atoms with Gasteiger partial charge in [0.1, 0.15) is 0 Å². The Bertz CT molecular complexity index is 97.6. The van der Waals surface area contributed by atoms with Crippen LogP contribution in [-0.4, -0.2) is 23.5 Å². The third kappa shape index (κ3) is 26.7. The summed E-state index contributed by atoms with van der Waals surface area (Å²) in [5.41, 5.74) is 0. The molecule has 0 aromatic carbocycles. The summed E-state index contributed by atoms with van der Waals surface area (Å²) >= 11 is 21.9. The topological polar surface area (TPSA) is 0 Å². The molecule has 0 aliphatic rings. The van der Waals surface area contributed by atoms with Gasteiger partial charge >= 0.3 is 0 Å². The van der Waals surface area contributed by atoms with Gasteiger partial charge in [0.2, 0.25) is 0 Å². The fourth-order valence-electron chi connectivity index (χ4n) is 1.26. The van der Waals surface area contributed by atoms with Gasteiger partial charge in [-0.1, -0.05) is 32.1 Å². The van der Waals surface area contributed by atoms with Crippen LogP contribution in [0.5, 0.6) is 0 Å². The molecule has 0 heterocycles. The van der Waals surface area contributed by atoms with Gasteiger partial charge in [-0.15, -0.1) is 46.4 Å². The first kappa shape index (κ1) is 20.5. The molecule has 0 amide bonds. The molecule has 0 spiro atoms.